The molecule has 0 unspecified atom stereocenters. The molecule has 0 saturated carbocycles. The van der Waals surface area contributed by atoms with E-state index in [9.17, 15) is 4.79 Å². The number of rotatable bonds is 6. The maximum atomic E-state index is 12.9. The molecule has 0 radical (unpaired) electrons. The van der Waals surface area contributed by atoms with Gasteiger partial charge in [-0.3, -0.25) is 4.79 Å². The van der Waals surface area contributed by atoms with Crippen molar-refractivity contribution in [1.82, 2.24) is 5.32 Å². The van der Waals surface area contributed by atoms with Crippen LogP contribution in [0.2, 0.25) is 0 Å². The van der Waals surface area contributed by atoms with Crippen molar-refractivity contribution < 1.29 is 9.53 Å². The Labute approximate surface area is 160 Å². The fourth-order valence-electron chi connectivity index (χ4n) is 3.25. The van der Waals surface area contributed by atoms with Crippen molar-refractivity contribution in [3.05, 3.63) is 54.6 Å². The van der Waals surface area contributed by atoms with Crippen LogP contribution in [0, 0.1) is 5.41 Å². The minimum absolute atomic E-state index is 0. The normalized spacial score (nSPS) is 15.6. The van der Waals surface area contributed by atoms with E-state index in [-0.39, 0.29) is 18.3 Å². The standard InChI is InChI=1S/C20H25N3O2.ClH/c1-25-15-20(10-12-21-13-11-20)19(24)23-18-9-5-8-17(14-18)22-16-6-3-2-4-7-16;/h2-9,14,21-22H,10-13,15H2,1H3,(H,23,24);1H. The van der Waals surface area contributed by atoms with E-state index >= 15 is 0 Å². The Balaban J connectivity index is 0.00000243. The first-order valence-electron chi connectivity index (χ1n) is 8.65. The highest BCUT2D eigenvalue weighted by Crippen LogP contribution is 2.31. The molecule has 1 fully saturated rings. The van der Waals surface area contributed by atoms with Gasteiger partial charge in [0.25, 0.3) is 0 Å². The number of methoxy groups -OCH3 is 1. The highest BCUT2D eigenvalue weighted by Gasteiger charge is 2.39. The first-order valence-corrected chi connectivity index (χ1v) is 8.65. The van der Waals surface area contributed by atoms with E-state index in [1.807, 2.05) is 54.6 Å². The van der Waals surface area contributed by atoms with Gasteiger partial charge in [0.15, 0.2) is 0 Å². The highest BCUT2D eigenvalue weighted by atomic mass is 35.5. The largest absolute Gasteiger partial charge is 0.384 e. The number of anilines is 3. The van der Waals surface area contributed by atoms with Crippen LogP contribution in [0.3, 0.4) is 0 Å². The number of carbonyl (C=O) groups is 1. The molecule has 5 nitrogen and oxygen atoms in total. The lowest BCUT2D eigenvalue weighted by atomic mass is 9.78. The summed E-state index contributed by atoms with van der Waals surface area (Å²) in [6, 6.07) is 17.8. The number of ether oxygens (including phenoxy) is 1. The molecule has 3 N–H and O–H groups in total. The van der Waals surface area contributed by atoms with Crippen LogP contribution in [0.4, 0.5) is 17.1 Å². The number of carbonyl (C=O) groups excluding carboxylic acids is 1. The molecular formula is C20H26ClN3O2. The summed E-state index contributed by atoms with van der Waals surface area (Å²) in [5.41, 5.74) is 2.29. The summed E-state index contributed by atoms with van der Waals surface area (Å²) in [4.78, 5) is 12.9. The SMILES string of the molecule is COCC1(C(=O)Nc2cccc(Nc3ccccc3)c2)CCNCC1.Cl. The molecule has 140 valence electrons. The molecule has 1 aliphatic heterocycles. The predicted molar refractivity (Wildman–Crippen MR) is 108 cm³/mol. The van der Waals surface area contributed by atoms with Gasteiger partial charge < -0.3 is 20.7 Å². The van der Waals surface area contributed by atoms with Crippen molar-refractivity contribution in [2.45, 2.75) is 12.8 Å². The molecular weight excluding hydrogens is 350 g/mol. The van der Waals surface area contributed by atoms with Gasteiger partial charge in [-0.15, -0.1) is 12.4 Å². The van der Waals surface area contributed by atoms with Gasteiger partial charge >= 0.3 is 0 Å². The Hall–Kier alpha value is -2.08. The van der Waals surface area contributed by atoms with Crippen molar-refractivity contribution in [2.75, 3.05) is 37.4 Å². The van der Waals surface area contributed by atoms with E-state index in [2.05, 4.69) is 16.0 Å². The average molecular weight is 376 g/mol. The summed E-state index contributed by atoms with van der Waals surface area (Å²) in [5, 5.41) is 9.73. The lowest BCUT2D eigenvalue weighted by Crippen LogP contribution is -2.47. The second kappa shape index (κ2) is 9.57. The third-order valence-electron chi connectivity index (χ3n) is 4.65. The molecule has 2 aromatic carbocycles. The van der Waals surface area contributed by atoms with E-state index in [0.29, 0.717) is 6.61 Å². The van der Waals surface area contributed by atoms with Crippen molar-refractivity contribution in [3.63, 3.8) is 0 Å². The van der Waals surface area contributed by atoms with E-state index in [1.54, 1.807) is 7.11 Å². The van der Waals surface area contributed by atoms with Gasteiger partial charge in [0.05, 0.1) is 12.0 Å². The van der Waals surface area contributed by atoms with Gasteiger partial charge in [-0.1, -0.05) is 24.3 Å². The van der Waals surface area contributed by atoms with Gasteiger partial charge in [0.2, 0.25) is 5.91 Å². The summed E-state index contributed by atoms with van der Waals surface area (Å²) >= 11 is 0. The third kappa shape index (κ3) is 4.97. The van der Waals surface area contributed by atoms with Gasteiger partial charge in [-0.25, -0.2) is 0 Å². The van der Waals surface area contributed by atoms with E-state index in [1.165, 1.54) is 0 Å². The van der Waals surface area contributed by atoms with Crippen LogP contribution < -0.4 is 16.0 Å². The summed E-state index contributed by atoms with van der Waals surface area (Å²) in [6.45, 7) is 2.13. The molecule has 0 spiro atoms. The number of piperidine rings is 1. The van der Waals surface area contributed by atoms with Crippen molar-refractivity contribution in [1.29, 1.82) is 0 Å². The molecule has 0 bridgehead atoms. The summed E-state index contributed by atoms with van der Waals surface area (Å²) in [7, 11) is 1.65. The smallest absolute Gasteiger partial charge is 0.233 e. The Morgan fingerprint density at radius 3 is 2.38 bits per heavy atom. The number of amides is 1. The lowest BCUT2D eigenvalue weighted by Gasteiger charge is -2.35. The van der Waals surface area contributed by atoms with Gasteiger partial charge in [0.1, 0.15) is 0 Å². The predicted octanol–water partition coefficient (Wildman–Crippen LogP) is 3.81. The van der Waals surface area contributed by atoms with Crippen molar-refractivity contribution >= 4 is 35.4 Å². The van der Waals surface area contributed by atoms with Crippen molar-refractivity contribution in [2.24, 2.45) is 5.41 Å². The number of hydrogen-bond acceptors (Lipinski definition) is 4. The monoisotopic (exact) mass is 375 g/mol. The minimum atomic E-state index is -0.455. The molecule has 6 heteroatoms. The zero-order valence-corrected chi connectivity index (χ0v) is 15.8. The topological polar surface area (TPSA) is 62.4 Å². The minimum Gasteiger partial charge on any atom is -0.384 e. The molecule has 26 heavy (non-hydrogen) atoms. The van der Waals surface area contributed by atoms with Crippen LogP contribution in [-0.4, -0.2) is 32.7 Å². The fourth-order valence-corrected chi connectivity index (χ4v) is 3.25. The second-order valence-corrected chi connectivity index (χ2v) is 6.49. The molecule has 0 atom stereocenters. The van der Waals surface area contributed by atoms with Crippen LogP contribution in [0.1, 0.15) is 12.8 Å². The molecule has 1 aliphatic rings. The lowest BCUT2D eigenvalue weighted by molar-refractivity contribution is -0.130. The maximum absolute atomic E-state index is 12.9. The summed E-state index contributed by atoms with van der Waals surface area (Å²) in [5.74, 6) is 0.0349. The molecule has 0 aliphatic carbocycles. The first kappa shape index (κ1) is 20.2. The Kier molecular flexibility index (Phi) is 7.45. The Bertz CT molecular complexity index is 698. The molecule has 2 aromatic rings. The van der Waals surface area contributed by atoms with E-state index in [4.69, 9.17) is 4.74 Å². The van der Waals surface area contributed by atoms with Gasteiger partial charge in [-0.05, 0) is 56.3 Å². The highest BCUT2D eigenvalue weighted by molar-refractivity contribution is 5.96. The average Bonchev–Trinajstić information content (AvgIpc) is 2.64. The van der Waals surface area contributed by atoms with Crippen LogP contribution in [-0.2, 0) is 9.53 Å². The third-order valence-corrected chi connectivity index (χ3v) is 4.65. The van der Waals surface area contributed by atoms with Crippen LogP contribution in [0.25, 0.3) is 0 Å². The molecule has 1 heterocycles. The van der Waals surface area contributed by atoms with Gasteiger partial charge in [0, 0.05) is 24.2 Å². The maximum Gasteiger partial charge on any atom is 0.233 e. The number of benzene rings is 2. The van der Waals surface area contributed by atoms with Crippen LogP contribution >= 0.6 is 12.4 Å². The molecule has 3 rings (SSSR count). The Morgan fingerprint density at radius 1 is 1.04 bits per heavy atom. The van der Waals surface area contributed by atoms with E-state index in [0.717, 1.165) is 43.0 Å². The van der Waals surface area contributed by atoms with Crippen LogP contribution in [0.5, 0.6) is 0 Å². The zero-order chi connectivity index (χ0) is 17.5. The zero-order valence-electron chi connectivity index (χ0n) is 15.0. The van der Waals surface area contributed by atoms with Crippen molar-refractivity contribution in [3.8, 4) is 0 Å². The second-order valence-electron chi connectivity index (χ2n) is 6.49. The van der Waals surface area contributed by atoms with Crippen LogP contribution in [0.15, 0.2) is 54.6 Å². The fraction of sp³-hybridized carbons (Fsp3) is 0.350. The number of nitrogens with one attached hydrogen (secondary N) is 3. The molecule has 1 amide bonds. The first-order chi connectivity index (χ1) is 12.2. The van der Waals surface area contributed by atoms with E-state index < -0.39 is 5.41 Å². The number of halogens is 1. The number of para-hydroxylation sites is 1. The van der Waals surface area contributed by atoms with Gasteiger partial charge in [-0.2, -0.15) is 0 Å². The quantitative estimate of drug-likeness (QED) is 0.718. The molecule has 0 aromatic heterocycles. The molecule has 1 saturated heterocycles. The number of hydrogen-bond donors (Lipinski definition) is 3. The summed E-state index contributed by atoms with van der Waals surface area (Å²) in [6.07, 6.45) is 1.57. The summed E-state index contributed by atoms with van der Waals surface area (Å²) < 4.78 is 5.35. The Morgan fingerprint density at radius 2 is 1.69 bits per heavy atom.